The second-order valence-electron chi connectivity index (χ2n) is 2.55. The average molecular weight is 114 g/mol. The molecule has 1 aliphatic heterocycles. The molecule has 0 saturated carbocycles. The van der Waals surface area contributed by atoms with E-state index in [1.54, 1.807) is 0 Å². The van der Waals surface area contributed by atoms with Gasteiger partial charge >= 0.3 is 0 Å². The largest absolute Gasteiger partial charge is 0.381 e. The first-order valence-corrected chi connectivity index (χ1v) is 3.51. The smallest absolute Gasteiger partial charge is 0.0516 e. The molecule has 0 aliphatic carbocycles. The average Bonchev–Trinajstić information content (AvgIpc) is 1.63. The van der Waals surface area contributed by atoms with Gasteiger partial charge < -0.3 is 4.74 Å². The zero-order valence-electron chi connectivity index (χ0n) is 5.52. The van der Waals surface area contributed by atoms with Crippen molar-refractivity contribution in [2.75, 3.05) is 13.2 Å². The van der Waals surface area contributed by atoms with Crippen molar-refractivity contribution in [2.24, 2.45) is 5.92 Å². The van der Waals surface area contributed by atoms with Crippen molar-refractivity contribution in [3.05, 3.63) is 0 Å². The molecule has 8 heavy (non-hydrogen) atoms. The van der Waals surface area contributed by atoms with E-state index in [9.17, 15) is 0 Å². The Morgan fingerprint density at radius 1 is 1.50 bits per heavy atom. The van der Waals surface area contributed by atoms with Crippen molar-refractivity contribution in [1.82, 2.24) is 0 Å². The maximum Gasteiger partial charge on any atom is 0.0516 e. The highest BCUT2D eigenvalue weighted by molar-refractivity contribution is 4.64. The van der Waals surface area contributed by atoms with Gasteiger partial charge in [-0.25, -0.2) is 0 Å². The molecule has 0 atom stereocenters. The normalized spacial score (nSPS) is 20.6. The third kappa shape index (κ3) is 1.48. The fraction of sp³-hybridized carbons (Fsp3) is 1.00. The predicted octanol–water partition coefficient (Wildman–Crippen LogP) is 1.82. The van der Waals surface area contributed by atoms with E-state index in [0.717, 1.165) is 19.1 Å². The molecule has 48 valence electrons. The van der Waals surface area contributed by atoms with Gasteiger partial charge in [0.2, 0.25) is 0 Å². The number of ether oxygens (including phenoxy) is 1. The Morgan fingerprint density at radius 3 is 2.62 bits per heavy atom. The van der Waals surface area contributed by atoms with Crippen LogP contribution in [0.15, 0.2) is 0 Å². The van der Waals surface area contributed by atoms with Crippen LogP contribution in [0.1, 0.15) is 26.2 Å². The van der Waals surface area contributed by atoms with Crippen LogP contribution in [0.3, 0.4) is 0 Å². The first kappa shape index (κ1) is 6.09. The second kappa shape index (κ2) is 3.08. The van der Waals surface area contributed by atoms with Crippen molar-refractivity contribution in [3.8, 4) is 0 Å². The van der Waals surface area contributed by atoms with Crippen molar-refractivity contribution >= 4 is 0 Å². The highest BCUT2D eigenvalue weighted by atomic mass is 16.5. The number of unbranched alkanes of at least 4 members (excludes halogenated alkanes) is 1. The van der Waals surface area contributed by atoms with Crippen LogP contribution in [0, 0.1) is 5.92 Å². The summed E-state index contributed by atoms with van der Waals surface area (Å²) in [6.07, 6.45) is 4.10. The molecule has 0 aromatic heterocycles. The van der Waals surface area contributed by atoms with E-state index in [4.69, 9.17) is 4.74 Å². The molecule has 1 heteroatoms. The Kier molecular flexibility index (Phi) is 2.34. The van der Waals surface area contributed by atoms with Crippen molar-refractivity contribution in [2.45, 2.75) is 26.2 Å². The van der Waals surface area contributed by atoms with E-state index in [0.29, 0.717) is 0 Å². The molecular weight excluding hydrogens is 100 g/mol. The van der Waals surface area contributed by atoms with E-state index in [1.807, 2.05) is 0 Å². The van der Waals surface area contributed by atoms with Gasteiger partial charge in [-0.3, -0.25) is 0 Å². The van der Waals surface area contributed by atoms with E-state index in [1.165, 1.54) is 19.3 Å². The molecule has 1 rings (SSSR count). The Labute approximate surface area is 51.0 Å². The first-order valence-electron chi connectivity index (χ1n) is 3.51. The summed E-state index contributed by atoms with van der Waals surface area (Å²) in [6.45, 7) is 4.29. The van der Waals surface area contributed by atoms with E-state index in [2.05, 4.69) is 6.92 Å². The summed E-state index contributed by atoms with van der Waals surface area (Å²) in [6, 6.07) is 0. The fourth-order valence-corrected chi connectivity index (χ4v) is 0.944. The molecule has 0 radical (unpaired) electrons. The van der Waals surface area contributed by atoms with Gasteiger partial charge in [-0.05, 0) is 6.42 Å². The lowest BCUT2D eigenvalue weighted by atomic mass is 10.0. The van der Waals surface area contributed by atoms with Crippen LogP contribution in [0.4, 0.5) is 0 Å². The molecule has 0 spiro atoms. The van der Waals surface area contributed by atoms with Gasteiger partial charge in [0.05, 0.1) is 13.2 Å². The summed E-state index contributed by atoms with van der Waals surface area (Å²) in [5, 5.41) is 0. The van der Waals surface area contributed by atoms with Crippen LogP contribution < -0.4 is 0 Å². The zero-order valence-corrected chi connectivity index (χ0v) is 5.52. The van der Waals surface area contributed by atoms with Gasteiger partial charge in [0.1, 0.15) is 0 Å². The number of hydrogen-bond acceptors (Lipinski definition) is 1. The lowest BCUT2D eigenvalue weighted by molar-refractivity contribution is -0.0362. The molecule has 1 aliphatic rings. The lowest BCUT2D eigenvalue weighted by Crippen LogP contribution is -2.26. The highest BCUT2D eigenvalue weighted by Crippen LogP contribution is 2.16. The predicted molar refractivity (Wildman–Crippen MR) is 33.8 cm³/mol. The second-order valence-corrected chi connectivity index (χ2v) is 2.55. The van der Waals surface area contributed by atoms with Crippen LogP contribution in [-0.4, -0.2) is 13.2 Å². The van der Waals surface area contributed by atoms with Crippen LogP contribution >= 0.6 is 0 Å². The summed E-state index contributed by atoms with van der Waals surface area (Å²) in [5.74, 6) is 0.912. The Morgan fingerprint density at radius 2 is 2.25 bits per heavy atom. The topological polar surface area (TPSA) is 9.23 Å². The minimum absolute atomic E-state index is 0.912. The minimum Gasteiger partial charge on any atom is -0.381 e. The lowest BCUT2D eigenvalue weighted by Gasteiger charge is -2.25. The van der Waals surface area contributed by atoms with Gasteiger partial charge in [0, 0.05) is 5.92 Å². The van der Waals surface area contributed by atoms with Gasteiger partial charge in [-0.15, -0.1) is 0 Å². The van der Waals surface area contributed by atoms with Crippen molar-refractivity contribution in [3.63, 3.8) is 0 Å². The summed E-state index contributed by atoms with van der Waals surface area (Å²) < 4.78 is 5.03. The maximum atomic E-state index is 5.03. The molecule has 1 heterocycles. The molecule has 0 aromatic rings. The summed E-state index contributed by atoms with van der Waals surface area (Å²) in [5.41, 5.74) is 0. The van der Waals surface area contributed by atoms with Gasteiger partial charge in [0.15, 0.2) is 0 Å². The number of hydrogen-bond donors (Lipinski definition) is 0. The molecule has 1 nitrogen and oxygen atoms in total. The molecule has 1 fully saturated rings. The van der Waals surface area contributed by atoms with E-state index in [-0.39, 0.29) is 0 Å². The maximum absolute atomic E-state index is 5.03. The molecule has 0 aromatic carbocycles. The molecule has 0 amide bonds. The molecule has 0 bridgehead atoms. The van der Waals surface area contributed by atoms with Crippen LogP contribution in [-0.2, 0) is 4.74 Å². The third-order valence-electron chi connectivity index (χ3n) is 1.67. The Balaban J connectivity index is 1.86. The molecule has 1 saturated heterocycles. The van der Waals surface area contributed by atoms with Crippen molar-refractivity contribution in [1.29, 1.82) is 0 Å². The Hall–Kier alpha value is -0.0400. The van der Waals surface area contributed by atoms with E-state index >= 15 is 0 Å². The molecular formula is C7H14O. The SMILES string of the molecule is CCCCC1COC1. The molecule has 0 N–H and O–H groups in total. The summed E-state index contributed by atoms with van der Waals surface area (Å²) >= 11 is 0. The van der Waals surface area contributed by atoms with Gasteiger partial charge in [-0.2, -0.15) is 0 Å². The van der Waals surface area contributed by atoms with Crippen molar-refractivity contribution < 1.29 is 4.74 Å². The van der Waals surface area contributed by atoms with E-state index < -0.39 is 0 Å². The van der Waals surface area contributed by atoms with Gasteiger partial charge in [0.25, 0.3) is 0 Å². The zero-order chi connectivity index (χ0) is 5.82. The first-order chi connectivity index (χ1) is 3.93. The number of rotatable bonds is 3. The third-order valence-corrected chi connectivity index (χ3v) is 1.67. The Bertz CT molecular complexity index is 57.4. The van der Waals surface area contributed by atoms with Crippen LogP contribution in [0.5, 0.6) is 0 Å². The molecule has 0 unspecified atom stereocenters. The van der Waals surface area contributed by atoms with Gasteiger partial charge in [-0.1, -0.05) is 19.8 Å². The standard InChI is InChI=1S/C7H14O/c1-2-3-4-7-5-8-6-7/h7H,2-6H2,1H3. The highest BCUT2D eigenvalue weighted by Gasteiger charge is 2.16. The quantitative estimate of drug-likeness (QED) is 0.544. The van der Waals surface area contributed by atoms with Crippen LogP contribution in [0.25, 0.3) is 0 Å². The van der Waals surface area contributed by atoms with Crippen LogP contribution in [0.2, 0.25) is 0 Å². The summed E-state index contributed by atoms with van der Waals surface area (Å²) in [4.78, 5) is 0. The monoisotopic (exact) mass is 114 g/mol. The fourth-order valence-electron chi connectivity index (χ4n) is 0.944. The summed E-state index contributed by atoms with van der Waals surface area (Å²) in [7, 11) is 0. The minimum atomic E-state index is 0.912.